The lowest BCUT2D eigenvalue weighted by atomic mass is 10.2. The van der Waals surface area contributed by atoms with Crippen molar-refractivity contribution in [1.82, 2.24) is 19.6 Å². The Morgan fingerprint density at radius 3 is 2.55 bits per heavy atom. The summed E-state index contributed by atoms with van der Waals surface area (Å²) < 4.78 is 6.87. The molecule has 0 aliphatic heterocycles. The number of methoxy groups -OCH3 is 1. The van der Waals surface area contributed by atoms with E-state index < -0.39 is 0 Å². The van der Waals surface area contributed by atoms with Crippen molar-refractivity contribution in [2.75, 3.05) is 12.9 Å². The number of carbonyl (C=O) groups is 2. The van der Waals surface area contributed by atoms with Gasteiger partial charge in [-0.1, -0.05) is 23.9 Å². The van der Waals surface area contributed by atoms with Crippen LogP contribution in [0.1, 0.15) is 13.3 Å². The SMILES string of the molecule is COc1ccc(-c2nc3c4ccccc4nc(SCC(=O)CC(C)=O)n3n2)cc1. The van der Waals surface area contributed by atoms with Crippen LogP contribution in [0.4, 0.5) is 0 Å². The van der Waals surface area contributed by atoms with Crippen LogP contribution >= 0.6 is 11.8 Å². The van der Waals surface area contributed by atoms with Crippen molar-refractivity contribution in [2.24, 2.45) is 0 Å². The Hall–Kier alpha value is -3.26. The smallest absolute Gasteiger partial charge is 0.192 e. The number of nitrogens with zero attached hydrogens (tertiary/aromatic N) is 4. The van der Waals surface area contributed by atoms with Gasteiger partial charge in [0.1, 0.15) is 11.5 Å². The lowest BCUT2D eigenvalue weighted by Crippen LogP contribution is -2.08. The molecule has 0 radical (unpaired) electrons. The predicted octanol–water partition coefficient (Wildman–Crippen LogP) is 3.59. The molecule has 0 spiro atoms. The van der Waals surface area contributed by atoms with Gasteiger partial charge in [-0.2, -0.15) is 4.52 Å². The summed E-state index contributed by atoms with van der Waals surface area (Å²) in [7, 11) is 1.62. The van der Waals surface area contributed by atoms with E-state index in [4.69, 9.17) is 9.72 Å². The number of para-hydroxylation sites is 1. The normalized spacial score (nSPS) is 11.1. The van der Waals surface area contributed by atoms with Crippen molar-refractivity contribution in [3.05, 3.63) is 48.5 Å². The van der Waals surface area contributed by atoms with Crippen LogP contribution in [-0.4, -0.2) is 44.0 Å². The Bertz CT molecular complexity index is 1220. The molecule has 0 aliphatic carbocycles. The number of Topliss-reactive ketones (excluding diaryl/α,β-unsaturated/α-hetero) is 2. The van der Waals surface area contributed by atoms with Gasteiger partial charge in [0, 0.05) is 10.9 Å². The molecule has 2 heterocycles. The minimum absolute atomic E-state index is 0.0713. The van der Waals surface area contributed by atoms with Gasteiger partial charge in [0.25, 0.3) is 0 Å². The topological polar surface area (TPSA) is 86.5 Å². The molecule has 0 N–H and O–H groups in total. The van der Waals surface area contributed by atoms with Crippen molar-refractivity contribution < 1.29 is 14.3 Å². The van der Waals surface area contributed by atoms with E-state index in [1.165, 1.54) is 18.7 Å². The van der Waals surface area contributed by atoms with Gasteiger partial charge in [-0.05, 0) is 43.3 Å². The van der Waals surface area contributed by atoms with E-state index in [9.17, 15) is 9.59 Å². The van der Waals surface area contributed by atoms with Crippen LogP contribution in [-0.2, 0) is 9.59 Å². The zero-order valence-electron chi connectivity index (χ0n) is 16.0. The number of carbonyl (C=O) groups excluding carboxylic acids is 2. The van der Waals surface area contributed by atoms with Gasteiger partial charge in [0.05, 0.1) is 24.8 Å². The molecular weight excluding hydrogens is 388 g/mol. The number of ether oxygens (including phenoxy) is 1. The summed E-state index contributed by atoms with van der Waals surface area (Å²) in [5.41, 5.74) is 2.29. The molecule has 0 saturated heterocycles. The number of aromatic nitrogens is 4. The zero-order chi connectivity index (χ0) is 20.4. The third kappa shape index (κ3) is 3.97. The second-order valence-electron chi connectivity index (χ2n) is 6.52. The first-order valence-corrected chi connectivity index (χ1v) is 9.97. The van der Waals surface area contributed by atoms with Crippen LogP contribution in [0.3, 0.4) is 0 Å². The summed E-state index contributed by atoms with van der Waals surface area (Å²) in [6.45, 7) is 1.41. The number of thioether (sulfide) groups is 1. The molecule has 0 aliphatic rings. The monoisotopic (exact) mass is 406 g/mol. The summed E-state index contributed by atoms with van der Waals surface area (Å²) in [5.74, 6) is 1.18. The van der Waals surface area contributed by atoms with Gasteiger partial charge in [0.15, 0.2) is 22.4 Å². The molecule has 29 heavy (non-hydrogen) atoms. The molecule has 0 amide bonds. The molecule has 0 bridgehead atoms. The predicted molar refractivity (Wildman–Crippen MR) is 111 cm³/mol. The van der Waals surface area contributed by atoms with Crippen molar-refractivity contribution >= 4 is 39.9 Å². The quantitative estimate of drug-likeness (QED) is 0.263. The molecule has 146 valence electrons. The summed E-state index contributed by atoms with van der Waals surface area (Å²) >= 11 is 1.26. The number of fused-ring (bicyclic) bond motifs is 3. The van der Waals surface area contributed by atoms with E-state index in [2.05, 4.69) is 10.1 Å². The van der Waals surface area contributed by atoms with E-state index in [1.807, 2.05) is 48.5 Å². The van der Waals surface area contributed by atoms with Gasteiger partial charge >= 0.3 is 0 Å². The second kappa shape index (κ2) is 8.00. The molecule has 2 aromatic carbocycles. The molecule has 7 nitrogen and oxygen atoms in total. The van der Waals surface area contributed by atoms with E-state index >= 15 is 0 Å². The average Bonchev–Trinajstić information content (AvgIpc) is 3.17. The Labute approximate surface area is 171 Å². The molecule has 4 aromatic rings. The molecule has 8 heteroatoms. The first-order valence-electron chi connectivity index (χ1n) is 8.99. The number of hydrogen-bond donors (Lipinski definition) is 0. The van der Waals surface area contributed by atoms with Crippen LogP contribution < -0.4 is 4.74 Å². The Morgan fingerprint density at radius 2 is 1.83 bits per heavy atom. The number of hydrogen-bond acceptors (Lipinski definition) is 7. The lowest BCUT2D eigenvalue weighted by molar-refractivity contribution is -0.124. The molecule has 4 rings (SSSR count). The van der Waals surface area contributed by atoms with Gasteiger partial charge in [-0.25, -0.2) is 9.97 Å². The molecule has 0 fully saturated rings. The first kappa shape index (κ1) is 19.1. The van der Waals surface area contributed by atoms with E-state index in [1.54, 1.807) is 11.6 Å². The molecule has 0 unspecified atom stereocenters. The average molecular weight is 406 g/mol. The van der Waals surface area contributed by atoms with Crippen LogP contribution in [0.25, 0.3) is 27.9 Å². The Kier molecular flexibility index (Phi) is 5.26. The summed E-state index contributed by atoms with van der Waals surface area (Å²) in [6.07, 6.45) is -0.0713. The maximum Gasteiger partial charge on any atom is 0.192 e. The van der Waals surface area contributed by atoms with Crippen molar-refractivity contribution in [3.8, 4) is 17.1 Å². The van der Waals surface area contributed by atoms with Crippen molar-refractivity contribution in [1.29, 1.82) is 0 Å². The van der Waals surface area contributed by atoms with E-state index in [0.29, 0.717) is 16.6 Å². The molecule has 0 saturated carbocycles. The highest BCUT2D eigenvalue weighted by Crippen LogP contribution is 2.27. The third-order valence-electron chi connectivity index (χ3n) is 4.31. The van der Waals surface area contributed by atoms with Crippen LogP contribution in [0, 0.1) is 0 Å². The Morgan fingerprint density at radius 1 is 1.07 bits per heavy atom. The van der Waals surface area contributed by atoms with Gasteiger partial charge in [-0.15, -0.1) is 5.10 Å². The standard InChI is InChI=1S/C21H18N4O3S/c1-13(26)11-15(27)12-29-21-22-18-6-4-3-5-17(18)20-23-19(24-25(20)21)14-7-9-16(28-2)10-8-14/h3-10H,11-12H2,1-2H3. The highest BCUT2D eigenvalue weighted by atomic mass is 32.2. The summed E-state index contributed by atoms with van der Waals surface area (Å²) in [6, 6.07) is 15.2. The summed E-state index contributed by atoms with van der Waals surface area (Å²) in [5, 5.41) is 6.06. The molecular formula is C21H18N4O3S. The second-order valence-corrected chi connectivity index (χ2v) is 7.46. The van der Waals surface area contributed by atoms with E-state index in [0.717, 1.165) is 22.2 Å². The highest BCUT2D eigenvalue weighted by Gasteiger charge is 2.16. The van der Waals surface area contributed by atoms with Crippen LogP contribution in [0.5, 0.6) is 5.75 Å². The summed E-state index contributed by atoms with van der Waals surface area (Å²) in [4.78, 5) is 32.5. The third-order valence-corrected chi connectivity index (χ3v) is 5.29. The molecule has 2 aromatic heterocycles. The van der Waals surface area contributed by atoms with Gasteiger partial charge in [0.2, 0.25) is 0 Å². The fraction of sp³-hybridized carbons (Fsp3) is 0.190. The fourth-order valence-electron chi connectivity index (χ4n) is 2.96. The highest BCUT2D eigenvalue weighted by molar-refractivity contribution is 7.99. The first-order chi connectivity index (χ1) is 14.0. The minimum atomic E-state index is -0.144. The number of rotatable bonds is 7. The maximum atomic E-state index is 12.0. The maximum absolute atomic E-state index is 12.0. The van der Waals surface area contributed by atoms with Crippen molar-refractivity contribution in [3.63, 3.8) is 0 Å². The molecule has 0 atom stereocenters. The van der Waals surface area contributed by atoms with Gasteiger partial charge < -0.3 is 4.74 Å². The lowest BCUT2D eigenvalue weighted by Gasteiger charge is -2.05. The van der Waals surface area contributed by atoms with Crippen LogP contribution in [0.15, 0.2) is 53.7 Å². The fourth-order valence-corrected chi connectivity index (χ4v) is 3.76. The van der Waals surface area contributed by atoms with E-state index in [-0.39, 0.29) is 23.7 Å². The number of benzene rings is 2. The number of ketones is 2. The minimum Gasteiger partial charge on any atom is -0.497 e. The zero-order valence-corrected chi connectivity index (χ0v) is 16.8. The Balaban J connectivity index is 1.78. The largest absolute Gasteiger partial charge is 0.497 e. The van der Waals surface area contributed by atoms with Crippen LogP contribution in [0.2, 0.25) is 0 Å². The van der Waals surface area contributed by atoms with Gasteiger partial charge in [-0.3, -0.25) is 9.59 Å². The van der Waals surface area contributed by atoms with Crippen molar-refractivity contribution in [2.45, 2.75) is 18.5 Å².